The molecule has 3 aliphatic heterocycles. The van der Waals surface area contributed by atoms with Crippen molar-refractivity contribution in [1.82, 2.24) is 10.2 Å². The van der Waals surface area contributed by atoms with Gasteiger partial charge in [-0.25, -0.2) is 0 Å². The molecule has 3 unspecified atom stereocenters. The second-order valence-corrected chi connectivity index (χ2v) is 4.86. The van der Waals surface area contributed by atoms with Gasteiger partial charge in [-0.15, -0.1) is 0 Å². The summed E-state index contributed by atoms with van der Waals surface area (Å²) in [5, 5.41) is 3.22. The highest BCUT2D eigenvalue weighted by Crippen LogP contribution is 2.36. The van der Waals surface area contributed by atoms with Crippen molar-refractivity contribution in [3.05, 3.63) is 0 Å². The van der Waals surface area contributed by atoms with Gasteiger partial charge >= 0.3 is 0 Å². The molecule has 0 saturated carbocycles. The van der Waals surface area contributed by atoms with Crippen molar-refractivity contribution in [2.45, 2.75) is 56.7 Å². The quantitative estimate of drug-likeness (QED) is 0.672. The molecule has 0 aromatic carbocycles. The maximum atomic E-state index is 12.1. The second-order valence-electron chi connectivity index (χ2n) is 4.86. The van der Waals surface area contributed by atoms with Crippen LogP contribution in [0.1, 0.15) is 38.5 Å². The van der Waals surface area contributed by atoms with Gasteiger partial charge in [0.05, 0.1) is 6.04 Å². The van der Waals surface area contributed by atoms with E-state index in [1.807, 2.05) is 0 Å². The van der Waals surface area contributed by atoms with Gasteiger partial charge in [-0.3, -0.25) is 4.79 Å². The zero-order valence-electron chi connectivity index (χ0n) is 8.54. The summed E-state index contributed by atoms with van der Waals surface area (Å²) in [6.07, 6.45) is 7.38. The van der Waals surface area contributed by atoms with Crippen molar-refractivity contribution in [3.63, 3.8) is 0 Å². The van der Waals surface area contributed by atoms with Crippen LogP contribution in [0.5, 0.6) is 0 Å². The minimum absolute atomic E-state index is 0.163. The monoisotopic (exact) mass is 194 g/mol. The SMILES string of the molecule is O=C(C1CCN1)N1C2CCCC1CC2. The molecule has 2 bridgehead atoms. The van der Waals surface area contributed by atoms with E-state index in [2.05, 4.69) is 10.2 Å². The van der Waals surface area contributed by atoms with E-state index in [-0.39, 0.29) is 6.04 Å². The average molecular weight is 194 g/mol. The standard InChI is InChI=1S/C11H18N2O/c14-11(10-6-7-12-10)13-8-2-1-3-9(13)5-4-8/h8-10,12H,1-7H2. The number of carbonyl (C=O) groups excluding carboxylic acids is 1. The number of fused-ring (bicyclic) bond motifs is 2. The van der Waals surface area contributed by atoms with E-state index in [1.165, 1.54) is 32.1 Å². The molecular weight excluding hydrogens is 176 g/mol. The Balaban J connectivity index is 1.74. The first-order valence-corrected chi connectivity index (χ1v) is 5.92. The molecule has 3 fully saturated rings. The van der Waals surface area contributed by atoms with Crippen LogP contribution in [-0.4, -0.2) is 35.5 Å². The normalized spacial score (nSPS) is 40.9. The molecule has 0 aliphatic carbocycles. The summed E-state index contributed by atoms with van der Waals surface area (Å²) < 4.78 is 0. The van der Waals surface area contributed by atoms with Gasteiger partial charge in [0.2, 0.25) is 5.91 Å². The minimum atomic E-state index is 0.163. The Labute approximate surface area is 84.8 Å². The van der Waals surface area contributed by atoms with Gasteiger partial charge in [-0.1, -0.05) is 0 Å². The highest BCUT2D eigenvalue weighted by atomic mass is 16.2. The maximum absolute atomic E-state index is 12.1. The Morgan fingerprint density at radius 3 is 2.21 bits per heavy atom. The lowest BCUT2D eigenvalue weighted by atomic mass is 9.99. The van der Waals surface area contributed by atoms with Crippen LogP contribution in [0, 0.1) is 0 Å². The first-order chi connectivity index (χ1) is 6.86. The third-order valence-electron chi connectivity index (χ3n) is 4.07. The fraction of sp³-hybridized carbons (Fsp3) is 0.909. The Hall–Kier alpha value is -0.570. The number of rotatable bonds is 1. The molecule has 0 aromatic heterocycles. The fourth-order valence-corrected chi connectivity index (χ4v) is 3.16. The van der Waals surface area contributed by atoms with E-state index in [9.17, 15) is 4.79 Å². The molecule has 3 nitrogen and oxygen atoms in total. The molecule has 0 spiro atoms. The lowest BCUT2D eigenvalue weighted by Crippen LogP contribution is -2.57. The molecule has 14 heavy (non-hydrogen) atoms. The number of carbonyl (C=O) groups is 1. The van der Waals surface area contributed by atoms with E-state index in [4.69, 9.17) is 0 Å². The molecule has 3 saturated heterocycles. The van der Waals surface area contributed by atoms with Gasteiger partial charge in [-0.05, 0) is 45.1 Å². The smallest absolute Gasteiger partial charge is 0.240 e. The van der Waals surface area contributed by atoms with E-state index < -0.39 is 0 Å². The number of nitrogens with one attached hydrogen (secondary N) is 1. The first-order valence-electron chi connectivity index (χ1n) is 5.92. The molecule has 3 aliphatic rings. The third kappa shape index (κ3) is 1.18. The van der Waals surface area contributed by atoms with Gasteiger partial charge < -0.3 is 10.2 Å². The molecule has 0 radical (unpaired) electrons. The van der Waals surface area contributed by atoms with Crippen molar-refractivity contribution in [1.29, 1.82) is 0 Å². The number of amides is 1. The molecule has 0 aromatic rings. The predicted octanol–water partition coefficient (Wildman–Crippen LogP) is 0.892. The summed E-state index contributed by atoms with van der Waals surface area (Å²) in [5.74, 6) is 0.392. The molecule has 3 heteroatoms. The maximum Gasteiger partial charge on any atom is 0.240 e. The zero-order chi connectivity index (χ0) is 9.54. The predicted molar refractivity (Wildman–Crippen MR) is 53.9 cm³/mol. The van der Waals surface area contributed by atoms with E-state index in [1.54, 1.807) is 0 Å². The Bertz CT molecular complexity index is 234. The van der Waals surface area contributed by atoms with Crippen LogP contribution >= 0.6 is 0 Å². The van der Waals surface area contributed by atoms with Gasteiger partial charge in [0.1, 0.15) is 0 Å². The van der Waals surface area contributed by atoms with Crippen LogP contribution in [0.25, 0.3) is 0 Å². The molecule has 1 N–H and O–H groups in total. The Morgan fingerprint density at radius 2 is 1.71 bits per heavy atom. The molecule has 3 heterocycles. The summed E-state index contributed by atoms with van der Waals surface area (Å²) in [4.78, 5) is 14.3. The topological polar surface area (TPSA) is 32.3 Å². The fourth-order valence-electron chi connectivity index (χ4n) is 3.16. The number of nitrogens with zero attached hydrogens (tertiary/aromatic N) is 1. The largest absolute Gasteiger partial charge is 0.335 e. The summed E-state index contributed by atoms with van der Waals surface area (Å²) >= 11 is 0. The molecule has 3 atom stereocenters. The minimum Gasteiger partial charge on any atom is -0.335 e. The number of piperidine rings is 1. The van der Waals surface area contributed by atoms with Crippen LogP contribution in [0.2, 0.25) is 0 Å². The van der Waals surface area contributed by atoms with Crippen LogP contribution in [0.15, 0.2) is 0 Å². The molecule has 78 valence electrons. The average Bonchev–Trinajstić information content (AvgIpc) is 2.33. The van der Waals surface area contributed by atoms with E-state index >= 15 is 0 Å². The molecule has 1 amide bonds. The Kier molecular flexibility index (Phi) is 2.01. The van der Waals surface area contributed by atoms with Gasteiger partial charge in [0, 0.05) is 12.1 Å². The van der Waals surface area contributed by atoms with Crippen molar-refractivity contribution in [2.24, 2.45) is 0 Å². The van der Waals surface area contributed by atoms with Crippen LogP contribution < -0.4 is 5.32 Å². The number of hydrogen-bond donors (Lipinski definition) is 1. The van der Waals surface area contributed by atoms with Crippen LogP contribution in [0.3, 0.4) is 0 Å². The Morgan fingerprint density at radius 1 is 1.07 bits per heavy atom. The highest BCUT2D eigenvalue weighted by Gasteiger charge is 2.42. The van der Waals surface area contributed by atoms with Crippen molar-refractivity contribution >= 4 is 5.91 Å². The van der Waals surface area contributed by atoms with Crippen molar-refractivity contribution in [2.75, 3.05) is 6.54 Å². The lowest BCUT2D eigenvalue weighted by molar-refractivity contribution is -0.139. The van der Waals surface area contributed by atoms with E-state index in [0.717, 1.165) is 13.0 Å². The van der Waals surface area contributed by atoms with Gasteiger partial charge in [0.15, 0.2) is 0 Å². The first kappa shape index (κ1) is 8.72. The zero-order valence-corrected chi connectivity index (χ0v) is 8.54. The molecular formula is C11H18N2O. The van der Waals surface area contributed by atoms with Gasteiger partial charge in [-0.2, -0.15) is 0 Å². The van der Waals surface area contributed by atoms with Crippen LogP contribution in [-0.2, 0) is 4.79 Å². The van der Waals surface area contributed by atoms with Crippen molar-refractivity contribution < 1.29 is 4.79 Å². The summed E-state index contributed by atoms with van der Waals surface area (Å²) in [7, 11) is 0. The van der Waals surface area contributed by atoms with E-state index in [0.29, 0.717) is 18.0 Å². The lowest BCUT2D eigenvalue weighted by Gasteiger charge is -2.39. The van der Waals surface area contributed by atoms with Crippen molar-refractivity contribution in [3.8, 4) is 0 Å². The summed E-state index contributed by atoms with van der Waals surface area (Å²) in [6.45, 7) is 1.03. The van der Waals surface area contributed by atoms with Crippen LogP contribution in [0.4, 0.5) is 0 Å². The highest BCUT2D eigenvalue weighted by molar-refractivity contribution is 5.83. The summed E-state index contributed by atoms with van der Waals surface area (Å²) in [5.41, 5.74) is 0. The second kappa shape index (κ2) is 3.23. The summed E-state index contributed by atoms with van der Waals surface area (Å²) in [6, 6.07) is 1.34. The van der Waals surface area contributed by atoms with Gasteiger partial charge in [0.25, 0.3) is 0 Å². The molecule has 3 rings (SSSR count). The third-order valence-corrected chi connectivity index (χ3v) is 4.07. The number of hydrogen-bond acceptors (Lipinski definition) is 2.